The van der Waals surface area contributed by atoms with Crippen LogP contribution in [-0.2, 0) is 0 Å². The Morgan fingerprint density at radius 1 is 1.15 bits per heavy atom. The molecule has 0 radical (unpaired) electrons. The summed E-state index contributed by atoms with van der Waals surface area (Å²) < 4.78 is 0. The number of hydrogen-bond acceptors (Lipinski definition) is 1. The van der Waals surface area contributed by atoms with E-state index in [4.69, 9.17) is 0 Å². The molecule has 0 spiro atoms. The van der Waals surface area contributed by atoms with Crippen LogP contribution >= 0.6 is 0 Å². The van der Waals surface area contributed by atoms with Crippen molar-refractivity contribution in [2.24, 2.45) is 17.8 Å². The molecule has 3 unspecified atom stereocenters. The van der Waals surface area contributed by atoms with E-state index < -0.39 is 0 Å². The van der Waals surface area contributed by atoms with E-state index >= 15 is 0 Å². The van der Waals surface area contributed by atoms with Crippen LogP contribution in [0.4, 0.5) is 0 Å². The number of rotatable bonds is 6. The molecule has 1 heteroatoms. The van der Waals surface area contributed by atoms with Gasteiger partial charge in [-0.1, -0.05) is 32.4 Å². The van der Waals surface area contributed by atoms with Gasteiger partial charge in [0.05, 0.1) is 0 Å². The van der Waals surface area contributed by atoms with E-state index in [0.29, 0.717) is 0 Å². The van der Waals surface area contributed by atoms with Crippen LogP contribution in [0.2, 0.25) is 0 Å². The number of allylic oxidation sites excluding steroid dienone is 1. The average Bonchev–Trinajstić information content (AvgIpc) is 2.43. The van der Waals surface area contributed by atoms with Gasteiger partial charge in [0.2, 0.25) is 0 Å². The largest absolute Gasteiger partial charge is 0.313 e. The Bertz CT molecular complexity index is 297. The van der Waals surface area contributed by atoms with Crippen molar-refractivity contribution in [1.82, 2.24) is 5.32 Å². The summed E-state index contributed by atoms with van der Waals surface area (Å²) in [4.78, 5) is 0. The van der Waals surface area contributed by atoms with Gasteiger partial charge in [0.15, 0.2) is 0 Å². The second-order valence-corrected chi connectivity index (χ2v) is 7.55. The van der Waals surface area contributed by atoms with E-state index in [1.807, 2.05) is 0 Å². The number of nitrogens with one attached hydrogen (secondary N) is 1. The molecule has 1 saturated carbocycles. The summed E-state index contributed by atoms with van der Waals surface area (Å²) in [5, 5.41) is 3.89. The van der Waals surface area contributed by atoms with Gasteiger partial charge in [-0.25, -0.2) is 0 Å². The molecule has 116 valence electrons. The van der Waals surface area contributed by atoms with E-state index in [1.54, 1.807) is 5.57 Å². The van der Waals surface area contributed by atoms with Crippen LogP contribution in [0.5, 0.6) is 0 Å². The fraction of sp³-hybridized carbons (Fsp3) is 0.895. The summed E-state index contributed by atoms with van der Waals surface area (Å²) >= 11 is 0. The highest BCUT2D eigenvalue weighted by Crippen LogP contribution is 2.37. The Balaban J connectivity index is 1.96. The van der Waals surface area contributed by atoms with Crippen molar-refractivity contribution in [2.45, 2.75) is 84.6 Å². The molecule has 2 rings (SSSR count). The maximum absolute atomic E-state index is 3.89. The van der Waals surface area contributed by atoms with Crippen molar-refractivity contribution in [3.63, 3.8) is 0 Å². The molecule has 0 saturated heterocycles. The molecule has 2 aliphatic rings. The minimum absolute atomic E-state index is 0.740. The van der Waals surface area contributed by atoms with Gasteiger partial charge in [-0.15, -0.1) is 0 Å². The summed E-state index contributed by atoms with van der Waals surface area (Å²) in [6, 6.07) is 0.740. The second-order valence-electron chi connectivity index (χ2n) is 7.55. The Labute approximate surface area is 126 Å². The van der Waals surface area contributed by atoms with Crippen LogP contribution in [0.15, 0.2) is 11.6 Å². The Morgan fingerprint density at radius 2 is 1.90 bits per heavy atom. The van der Waals surface area contributed by atoms with Crippen molar-refractivity contribution in [2.75, 3.05) is 6.54 Å². The molecule has 2 aliphatic carbocycles. The molecule has 0 aliphatic heterocycles. The summed E-state index contributed by atoms with van der Waals surface area (Å²) in [7, 11) is 0. The molecule has 0 bridgehead atoms. The van der Waals surface area contributed by atoms with Gasteiger partial charge < -0.3 is 5.32 Å². The zero-order chi connectivity index (χ0) is 14.4. The van der Waals surface area contributed by atoms with E-state index in [0.717, 1.165) is 23.8 Å². The standard InChI is InChI=1S/C19H35N/c1-4-10-20-19(14-17-8-6-5-7-9-17)18-12-15(2)11-16(3)13-18/h8,15-16,18-20H,4-7,9-14H2,1-3H3. The van der Waals surface area contributed by atoms with Gasteiger partial charge in [-0.05, 0) is 82.1 Å². The Morgan fingerprint density at radius 3 is 2.50 bits per heavy atom. The first kappa shape index (κ1) is 16.1. The third kappa shape index (κ3) is 4.91. The number of hydrogen-bond donors (Lipinski definition) is 1. The lowest BCUT2D eigenvalue weighted by Crippen LogP contribution is -2.40. The van der Waals surface area contributed by atoms with Crippen molar-refractivity contribution >= 4 is 0 Å². The van der Waals surface area contributed by atoms with Crippen LogP contribution in [-0.4, -0.2) is 12.6 Å². The van der Waals surface area contributed by atoms with E-state index in [-0.39, 0.29) is 0 Å². The smallest absolute Gasteiger partial charge is 0.0133 e. The fourth-order valence-electron chi connectivity index (χ4n) is 4.45. The van der Waals surface area contributed by atoms with Gasteiger partial charge >= 0.3 is 0 Å². The minimum atomic E-state index is 0.740. The van der Waals surface area contributed by atoms with Gasteiger partial charge in [0.25, 0.3) is 0 Å². The molecule has 0 aromatic heterocycles. The molecule has 1 nitrogen and oxygen atoms in total. The lowest BCUT2D eigenvalue weighted by atomic mass is 9.72. The van der Waals surface area contributed by atoms with Crippen molar-refractivity contribution < 1.29 is 0 Å². The monoisotopic (exact) mass is 277 g/mol. The predicted octanol–water partition coefficient (Wildman–Crippen LogP) is 5.32. The minimum Gasteiger partial charge on any atom is -0.313 e. The third-order valence-electron chi connectivity index (χ3n) is 5.31. The van der Waals surface area contributed by atoms with Crippen molar-refractivity contribution in [3.05, 3.63) is 11.6 Å². The van der Waals surface area contributed by atoms with Crippen LogP contribution < -0.4 is 5.32 Å². The lowest BCUT2D eigenvalue weighted by molar-refractivity contribution is 0.174. The van der Waals surface area contributed by atoms with Crippen molar-refractivity contribution in [3.8, 4) is 0 Å². The Hall–Kier alpha value is -0.300. The molecule has 0 aromatic carbocycles. The van der Waals surface area contributed by atoms with Crippen LogP contribution in [0.25, 0.3) is 0 Å². The average molecular weight is 277 g/mol. The quantitative estimate of drug-likeness (QED) is 0.648. The summed E-state index contributed by atoms with van der Waals surface area (Å²) in [5.74, 6) is 2.76. The normalized spacial score (nSPS) is 32.8. The molecule has 20 heavy (non-hydrogen) atoms. The second kappa shape index (κ2) is 8.22. The molecular weight excluding hydrogens is 242 g/mol. The van der Waals surface area contributed by atoms with Crippen LogP contribution in [0.3, 0.4) is 0 Å². The molecule has 1 fully saturated rings. The molecule has 0 aromatic rings. The van der Waals surface area contributed by atoms with Gasteiger partial charge in [-0.2, -0.15) is 0 Å². The zero-order valence-corrected chi connectivity index (χ0v) is 14.0. The zero-order valence-electron chi connectivity index (χ0n) is 14.0. The molecule has 3 atom stereocenters. The lowest BCUT2D eigenvalue weighted by Gasteiger charge is -2.37. The van der Waals surface area contributed by atoms with Crippen molar-refractivity contribution in [1.29, 1.82) is 0 Å². The molecular formula is C19H35N. The Kier molecular flexibility index (Phi) is 6.61. The highest BCUT2D eigenvalue weighted by atomic mass is 14.9. The van der Waals surface area contributed by atoms with Gasteiger partial charge in [0.1, 0.15) is 0 Å². The van der Waals surface area contributed by atoms with Crippen LogP contribution in [0.1, 0.15) is 78.6 Å². The molecule has 0 heterocycles. The summed E-state index contributed by atoms with van der Waals surface area (Å²) in [6.07, 6.45) is 15.0. The first-order valence-corrected chi connectivity index (χ1v) is 9.10. The maximum Gasteiger partial charge on any atom is 0.0133 e. The highest BCUT2D eigenvalue weighted by Gasteiger charge is 2.30. The van der Waals surface area contributed by atoms with Gasteiger partial charge in [-0.3, -0.25) is 0 Å². The first-order valence-electron chi connectivity index (χ1n) is 9.10. The van der Waals surface area contributed by atoms with Crippen LogP contribution in [0, 0.1) is 17.8 Å². The highest BCUT2D eigenvalue weighted by molar-refractivity contribution is 5.08. The summed E-state index contributed by atoms with van der Waals surface area (Å²) in [5.41, 5.74) is 1.75. The molecule has 1 N–H and O–H groups in total. The topological polar surface area (TPSA) is 12.0 Å². The molecule has 0 amide bonds. The summed E-state index contributed by atoms with van der Waals surface area (Å²) in [6.45, 7) is 8.39. The SMILES string of the molecule is CCCNC(CC1=CCCCC1)C1CC(C)CC(C)C1. The fourth-order valence-corrected chi connectivity index (χ4v) is 4.45. The van der Waals surface area contributed by atoms with E-state index in [9.17, 15) is 0 Å². The maximum atomic E-state index is 3.89. The van der Waals surface area contributed by atoms with Gasteiger partial charge in [0, 0.05) is 6.04 Å². The van der Waals surface area contributed by atoms with E-state index in [1.165, 1.54) is 64.3 Å². The van der Waals surface area contributed by atoms with E-state index in [2.05, 4.69) is 32.2 Å². The first-order chi connectivity index (χ1) is 9.69. The predicted molar refractivity (Wildman–Crippen MR) is 88.9 cm³/mol. The third-order valence-corrected chi connectivity index (χ3v) is 5.31.